The Labute approximate surface area is 178 Å². The molecular formula is C26H27N3O. The van der Waals surface area contributed by atoms with Crippen LogP contribution in [0.5, 0.6) is 5.75 Å². The zero-order chi connectivity index (χ0) is 20.8. The van der Waals surface area contributed by atoms with Crippen LogP contribution in [0.2, 0.25) is 0 Å². The van der Waals surface area contributed by atoms with Gasteiger partial charge in [-0.2, -0.15) is 5.26 Å². The van der Waals surface area contributed by atoms with Crippen molar-refractivity contribution in [3.05, 3.63) is 89.5 Å². The molecule has 2 N–H and O–H groups in total. The van der Waals surface area contributed by atoms with Crippen LogP contribution in [0.15, 0.2) is 72.8 Å². The summed E-state index contributed by atoms with van der Waals surface area (Å²) in [4.78, 5) is 0. The van der Waals surface area contributed by atoms with E-state index in [1.54, 1.807) is 7.11 Å². The van der Waals surface area contributed by atoms with Crippen molar-refractivity contribution in [3.63, 3.8) is 0 Å². The lowest BCUT2D eigenvalue weighted by Gasteiger charge is -2.33. The molecule has 1 heterocycles. The van der Waals surface area contributed by atoms with Crippen LogP contribution in [0.1, 0.15) is 29.0 Å². The van der Waals surface area contributed by atoms with Crippen molar-refractivity contribution in [3.8, 4) is 22.9 Å². The van der Waals surface area contributed by atoms with Gasteiger partial charge >= 0.3 is 0 Å². The molecule has 1 aliphatic heterocycles. The van der Waals surface area contributed by atoms with E-state index in [2.05, 4.69) is 59.2 Å². The van der Waals surface area contributed by atoms with Crippen molar-refractivity contribution < 1.29 is 4.74 Å². The number of hydrogen-bond donors (Lipinski definition) is 2. The first kappa shape index (κ1) is 20.2. The van der Waals surface area contributed by atoms with Crippen LogP contribution < -0.4 is 15.4 Å². The number of methoxy groups -OCH3 is 1. The summed E-state index contributed by atoms with van der Waals surface area (Å²) >= 11 is 0. The van der Waals surface area contributed by atoms with Gasteiger partial charge in [0.2, 0.25) is 0 Å². The Kier molecular flexibility index (Phi) is 6.44. The summed E-state index contributed by atoms with van der Waals surface area (Å²) < 4.78 is 5.63. The molecule has 0 radical (unpaired) electrons. The highest BCUT2D eigenvalue weighted by atomic mass is 16.5. The maximum Gasteiger partial charge on any atom is 0.123 e. The average Bonchev–Trinajstić information content (AvgIpc) is 2.83. The molecule has 0 bridgehead atoms. The monoisotopic (exact) mass is 397 g/mol. The number of nitriles is 1. The zero-order valence-electron chi connectivity index (χ0n) is 17.3. The first-order chi connectivity index (χ1) is 14.8. The second kappa shape index (κ2) is 9.58. The van der Waals surface area contributed by atoms with Crippen LogP contribution in [0.25, 0.3) is 11.1 Å². The third-order valence-corrected chi connectivity index (χ3v) is 5.89. The van der Waals surface area contributed by atoms with Crippen LogP contribution in [-0.4, -0.2) is 26.2 Å². The quantitative estimate of drug-likeness (QED) is 0.644. The van der Waals surface area contributed by atoms with Crippen molar-refractivity contribution >= 4 is 0 Å². The van der Waals surface area contributed by atoms with Gasteiger partial charge in [0, 0.05) is 30.6 Å². The Balaban J connectivity index is 1.53. The van der Waals surface area contributed by atoms with Gasteiger partial charge in [-0.1, -0.05) is 48.5 Å². The van der Waals surface area contributed by atoms with E-state index >= 15 is 0 Å². The lowest BCUT2D eigenvalue weighted by Crippen LogP contribution is -2.45. The number of piperidine rings is 1. The predicted molar refractivity (Wildman–Crippen MR) is 120 cm³/mol. The SMILES string of the molecule is COc1ccc(-c2ccc(C#N)cc2)cc1CN[C@H]1CCNC[C@H]1c1ccccc1. The smallest absolute Gasteiger partial charge is 0.123 e. The van der Waals surface area contributed by atoms with Gasteiger partial charge in [-0.25, -0.2) is 0 Å². The number of hydrogen-bond acceptors (Lipinski definition) is 4. The van der Waals surface area contributed by atoms with E-state index in [9.17, 15) is 0 Å². The Hall–Kier alpha value is -3.13. The minimum atomic E-state index is 0.414. The molecule has 1 fully saturated rings. The van der Waals surface area contributed by atoms with Gasteiger partial charge in [0.1, 0.15) is 5.75 Å². The molecule has 0 spiro atoms. The van der Waals surface area contributed by atoms with E-state index < -0.39 is 0 Å². The van der Waals surface area contributed by atoms with Crippen molar-refractivity contribution in [2.75, 3.05) is 20.2 Å². The summed E-state index contributed by atoms with van der Waals surface area (Å²) in [5.41, 5.74) is 5.42. The molecule has 0 saturated carbocycles. The third kappa shape index (κ3) is 4.54. The van der Waals surface area contributed by atoms with Gasteiger partial charge in [0.05, 0.1) is 18.7 Å². The Morgan fingerprint density at radius 2 is 1.80 bits per heavy atom. The summed E-state index contributed by atoms with van der Waals surface area (Å²) in [6, 6.07) is 27.3. The maximum atomic E-state index is 9.03. The molecule has 0 aliphatic carbocycles. The molecule has 30 heavy (non-hydrogen) atoms. The van der Waals surface area contributed by atoms with Gasteiger partial charge in [0.15, 0.2) is 0 Å². The van der Waals surface area contributed by atoms with Crippen molar-refractivity contribution in [1.29, 1.82) is 5.26 Å². The third-order valence-electron chi connectivity index (χ3n) is 5.89. The summed E-state index contributed by atoms with van der Waals surface area (Å²) in [5, 5.41) is 16.4. The fourth-order valence-corrected chi connectivity index (χ4v) is 4.23. The summed E-state index contributed by atoms with van der Waals surface area (Å²) in [6.45, 7) is 2.77. The Morgan fingerprint density at radius 3 is 2.53 bits per heavy atom. The van der Waals surface area contributed by atoms with Crippen LogP contribution >= 0.6 is 0 Å². The largest absolute Gasteiger partial charge is 0.496 e. The normalized spacial score (nSPS) is 18.5. The second-order valence-electron chi connectivity index (χ2n) is 7.71. The van der Waals surface area contributed by atoms with Crippen LogP contribution in [-0.2, 0) is 6.54 Å². The molecule has 0 amide bonds. The van der Waals surface area contributed by atoms with E-state index in [1.165, 1.54) is 5.56 Å². The summed E-state index contributed by atoms with van der Waals surface area (Å²) in [7, 11) is 1.72. The molecule has 0 aromatic heterocycles. The van der Waals surface area contributed by atoms with E-state index in [0.717, 1.165) is 48.5 Å². The molecule has 4 nitrogen and oxygen atoms in total. The van der Waals surface area contributed by atoms with Gasteiger partial charge in [-0.3, -0.25) is 0 Å². The number of nitrogens with zero attached hydrogens (tertiary/aromatic N) is 1. The highest BCUT2D eigenvalue weighted by Gasteiger charge is 2.26. The first-order valence-electron chi connectivity index (χ1n) is 10.4. The van der Waals surface area contributed by atoms with Gasteiger partial charge in [-0.05, 0) is 53.9 Å². The van der Waals surface area contributed by atoms with E-state index in [1.807, 2.05) is 30.3 Å². The second-order valence-corrected chi connectivity index (χ2v) is 7.71. The molecule has 3 aromatic rings. The minimum absolute atomic E-state index is 0.414. The number of benzene rings is 3. The number of nitrogens with one attached hydrogen (secondary N) is 2. The highest BCUT2D eigenvalue weighted by Crippen LogP contribution is 2.29. The molecule has 2 atom stereocenters. The number of rotatable bonds is 6. The lowest BCUT2D eigenvalue weighted by atomic mass is 9.86. The van der Waals surface area contributed by atoms with Gasteiger partial charge in [-0.15, -0.1) is 0 Å². The van der Waals surface area contributed by atoms with Crippen LogP contribution in [0, 0.1) is 11.3 Å². The summed E-state index contributed by atoms with van der Waals surface area (Å²) in [5.74, 6) is 1.35. The van der Waals surface area contributed by atoms with Crippen molar-refractivity contribution in [2.45, 2.75) is 24.9 Å². The molecule has 4 rings (SSSR count). The molecule has 152 valence electrons. The zero-order valence-corrected chi connectivity index (χ0v) is 17.3. The van der Waals surface area contributed by atoms with E-state index in [4.69, 9.17) is 10.00 Å². The average molecular weight is 398 g/mol. The first-order valence-corrected chi connectivity index (χ1v) is 10.4. The molecule has 4 heteroatoms. The maximum absolute atomic E-state index is 9.03. The molecule has 3 aromatic carbocycles. The van der Waals surface area contributed by atoms with E-state index in [-0.39, 0.29) is 0 Å². The molecule has 1 saturated heterocycles. The van der Waals surface area contributed by atoms with E-state index in [0.29, 0.717) is 17.5 Å². The highest BCUT2D eigenvalue weighted by molar-refractivity contribution is 5.66. The lowest BCUT2D eigenvalue weighted by molar-refractivity contribution is 0.337. The summed E-state index contributed by atoms with van der Waals surface area (Å²) in [6.07, 6.45) is 1.09. The van der Waals surface area contributed by atoms with Crippen LogP contribution in [0.3, 0.4) is 0 Å². The van der Waals surface area contributed by atoms with Gasteiger partial charge < -0.3 is 15.4 Å². The Morgan fingerprint density at radius 1 is 1.03 bits per heavy atom. The minimum Gasteiger partial charge on any atom is -0.496 e. The van der Waals surface area contributed by atoms with Crippen molar-refractivity contribution in [1.82, 2.24) is 10.6 Å². The molecule has 0 unspecified atom stereocenters. The fraction of sp³-hybridized carbons (Fsp3) is 0.269. The molecule has 1 aliphatic rings. The standard InChI is InChI=1S/C26H27N3O/c1-30-26-12-11-22(20-9-7-19(16-27)8-10-20)15-23(26)17-29-25-13-14-28-18-24(25)21-5-3-2-4-6-21/h2-12,15,24-25,28-29H,13-14,17-18H2,1H3/t24-,25-/m0/s1. The van der Waals surface area contributed by atoms with Crippen LogP contribution in [0.4, 0.5) is 0 Å². The fourth-order valence-electron chi connectivity index (χ4n) is 4.23. The Bertz CT molecular complexity index is 1010. The predicted octanol–water partition coefficient (Wildman–Crippen LogP) is 4.47. The molecular weight excluding hydrogens is 370 g/mol. The topological polar surface area (TPSA) is 57.1 Å². The van der Waals surface area contributed by atoms with Crippen molar-refractivity contribution in [2.24, 2.45) is 0 Å². The van der Waals surface area contributed by atoms with Gasteiger partial charge in [0.25, 0.3) is 0 Å². The number of ether oxygens (including phenoxy) is 1.